The molecule has 5 nitrogen and oxygen atoms in total. The van der Waals surface area contributed by atoms with E-state index >= 15 is 0 Å². The fourth-order valence-electron chi connectivity index (χ4n) is 4.58. The van der Waals surface area contributed by atoms with Gasteiger partial charge in [0.15, 0.2) is 0 Å². The molecule has 0 aliphatic carbocycles. The number of para-hydroxylation sites is 2. The van der Waals surface area contributed by atoms with Gasteiger partial charge >= 0.3 is 0 Å². The van der Waals surface area contributed by atoms with Crippen LogP contribution in [0.4, 0.5) is 11.4 Å². The van der Waals surface area contributed by atoms with E-state index in [1.807, 2.05) is 54.3 Å². The molecule has 3 aromatic rings. The third kappa shape index (κ3) is 3.49. The monoisotopic (exact) mass is 458 g/mol. The standard InChI is InChI=1S/C27H23ClN2O3/c1-17-13-14-19(16-21(17)28)30-26(31)24(20-10-4-6-12-23(20)33-2)25(27(30)32)29-15-7-9-18-8-3-5-11-22(18)29/h3-6,8,10-14,16H,7,9,15H2,1-2H3. The second-order valence-electron chi connectivity index (χ2n) is 8.19. The molecule has 0 aromatic heterocycles. The van der Waals surface area contributed by atoms with Gasteiger partial charge in [0.05, 0.1) is 18.4 Å². The molecule has 0 unspecified atom stereocenters. The zero-order valence-corrected chi connectivity index (χ0v) is 19.2. The van der Waals surface area contributed by atoms with Crippen LogP contribution in [0.15, 0.2) is 72.4 Å². The summed E-state index contributed by atoms with van der Waals surface area (Å²) in [4.78, 5) is 31.0. The number of hydrogen-bond donors (Lipinski definition) is 0. The van der Waals surface area contributed by atoms with Crippen LogP contribution >= 0.6 is 11.6 Å². The number of fused-ring (bicyclic) bond motifs is 1. The van der Waals surface area contributed by atoms with Crippen molar-refractivity contribution in [3.8, 4) is 5.75 Å². The first-order chi connectivity index (χ1) is 16.0. The molecule has 2 heterocycles. The van der Waals surface area contributed by atoms with Crippen molar-refractivity contribution in [3.63, 3.8) is 0 Å². The van der Waals surface area contributed by atoms with Crippen molar-refractivity contribution in [2.24, 2.45) is 0 Å². The number of rotatable bonds is 4. The van der Waals surface area contributed by atoms with Gasteiger partial charge in [-0.3, -0.25) is 9.59 Å². The van der Waals surface area contributed by atoms with Crippen LogP contribution in [-0.4, -0.2) is 25.5 Å². The number of imide groups is 1. The fraction of sp³-hybridized carbons (Fsp3) is 0.185. The summed E-state index contributed by atoms with van der Waals surface area (Å²) in [6, 6.07) is 20.6. The number of benzene rings is 3. The molecular weight excluding hydrogens is 436 g/mol. The van der Waals surface area contributed by atoms with Crippen molar-refractivity contribution in [1.29, 1.82) is 0 Å². The lowest BCUT2D eigenvalue weighted by Gasteiger charge is -2.32. The molecule has 0 spiro atoms. The van der Waals surface area contributed by atoms with Gasteiger partial charge in [-0.2, -0.15) is 0 Å². The summed E-state index contributed by atoms with van der Waals surface area (Å²) < 4.78 is 5.57. The van der Waals surface area contributed by atoms with Crippen molar-refractivity contribution in [3.05, 3.63) is 94.1 Å². The van der Waals surface area contributed by atoms with E-state index in [2.05, 4.69) is 6.07 Å². The van der Waals surface area contributed by atoms with Crippen LogP contribution in [0.5, 0.6) is 5.75 Å². The highest BCUT2D eigenvalue weighted by atomic mass is 35.5. The summed E-state index contributed by atoms with van der Waals surface area (Å²) in [6.07, 6.45) is 1.82. The normalized spacial score (nSPS) is 15.8. The molecule has 166 valence electrons. The third-order valence-corrected chi connectivity index (χ3v) is 6.64. The Morgan fingerprint density at radius 2 is 1.70 bits per heavy atom. The van der Waals surface area contributed by atoms with Crippen LogP contribution < -0.4 is 14.5 Å². The molecule has 0 bridgehead atoms. The number of carbonyl (C=O) groups is 2. The molecule has 6 heteroatoms. The van der Waals surface area contributed by atoms with Gasteiger partial charge in [0, 0.05) is 22.8 Å². The zero-order chi connectivity index (χ0) is 23.1. The summed E-state index contributed by atoms with van der Waals surface area (Å²) in [7, 11) is 1.56. The van der Waals surface area contributed by atoms with Crippen molar-refractivity contribution < 1.29 is 14.3 Å². The SMILES string of the molecule is COc1ccccc1C1=C(N2CCCc3ccccc32)C(=O)N(c2ccc(C)c(Cl)c2)C1=O. The second kappa shape index (κ2) is 8.41. The fourth-order valence-corrected chi connectivity index (χ4v) is 4.76. The first-order valence-electron chi connectivity index (χ1n) is 10.9. The number of methoxy groups -OCH3 is 1. The first-order valence-corrected chi connectivity index (χ1v) is 11.3. The van der Waals surface area contributed by atoms with Gasteiger partial charge in [0.2, 0.25) is 0 Å². The van der Waals surface area contributed by atoms with Gasteiger partial charge in [0.1, 0.15) is 11.4 Å². The molecule has 33 heavy (non-hydrogen) atoms. The Hall–Kier alpha value is -3.57. The quantitative estimate of drug-likeness (QED) is 0.491. The summed E-state index contributed by atoms with van der Waals surface area (Å²) in [6.45, 7) is 2.53. The van der Waals surface area contributed by atoms with Crippen LogP contribution in [0.3, 0.4) is 0 Å². The molecule has 3 aromatic carbocycles. The predicted octanol–water partition coefficient (Wildman–Crippen LogP) is 5.39. The Labute approximate surface area is 197 Å². The van der Waals surface area contributed by atoms with Gasteiger partial charge in [-0.25, -0.2) is 4.90 Å². The first kappa shape index (κ1) is 21.3. The molecule has 0 saturated carbocycles. The lowest BCUT2D eigenvalue weighted by Crippen LogP contribution is -2.37. The minimum Gasteiger partial charge on any atom is -0.496 e. The highest BCUT2D eigenvalue weighted by molar-refractivity contribution is 6.47. The largest absolute Gasteiger partial charge is 0.496 e. The van der Waals surface area contributed by atoms with E-state index in [1.54, 1.807) is 25.3 Å². The maximum Gasteiger partial charge on any atom is 0.282 e. The Morgan fingerprint density at radius 3 is 2.48 bits per heavy atom. The molecular formula is C27H23ClN2O3. The van der Waals surface area contributed by atoms with E-state index in [-0.39, 0.29) is 11.8 Å². The minimum atomic E-state index is -0.387. The maximum absolute atomic E-state index is 13.9. The summed E-state index contributed by atoms with van der Waals surface area (Å²) in [5.41, 5.74) is 4.75. The highest BCUT2D eigenvalue weighted by Gasteiger charge is 2.44. The van der Waals surface area contributed by atoms with E-state index in [0.29, 0.717) is 39.8 Å². The molecule has 0 N–H and O–H groups in total. The van der Waals surface area contributed by atoms with Crippen LogP contribution in [0, 0.1) is 6.92 Å². The van der Waals surface area contributed by atoms with Gasteiger partial charge in [-0.15, -0.1) is 0 Å². The topological polar surface area (TPSA) is 49.9 Å². The van der Waals surface area contributed by atoms with Crippen LogP contribution in [-0.2, 0) is 16.0 Å². The Morgan fingerprint density at radius 1 is 0.939 bits per heavy atom. The van der Waals surface area contributed by atoms with Gasteiger partial charge in [-0.1, -0.05) is 54.1 Å². The molecule has 2 amide bonds. The molecule has 2 aliphatic heterocycles. The molecule has 0 fully saturated rings. The van der Waals surface area contributed by atoms with E-state index in [1.165, 1.54) is 4.90 Å². The lowest BCUT2D eigenvalue weighted by molar-refractivity contribution is -0.120. The number of aryl methyl sites for hydroxylation is 2. The van der Waals surface area contributed by atoms with Crippen LogP contribution in [0.25, 0.3) is 5.57 Å². The molecule has 0 radical (unpaired) electrons. The van der Waals surface area contributed by atoms with Crippen molar-refractivity contribution in [2.75, 3.05) is 23.5 Å². The Kier molecular flexibility index (Phi) is 5.43. The number of amides is 2. The number of carbonyl (C=O) groups excluding carboxylic acids is 2. The maximum atomic E-state index is 13.9. The highest BCUT2D eigenvalue weighted by Crippen LogP contribution is 2.42. The Bertz CT molecular complexity index is 1310. The molecule has 5 rings (SSSR count). The summed E-state index contributed by atoms with van der Waals surface area (Å²) >= 11 is 6.35. The van der Waals surface area contributed by atoms with Gasteiger partial charge in [0.25, 0.3) is 11.8 Å². The number of ether oxygens (including phenoxy) is 1. The van der Waals surface area contributed by atoms with E-state index in [0.717, 1.165) is 29.7 Å². The third-order valence-electron chi connectivity index (χ3n) is 6.23. The smallest absolute Gasteiger partial charge is 0.282 e. The van der Waals surface area contributed by atoms with Gasteiger partial charge in [-0.05, 0) is 55.2 Å². The zero-order valence-electron chi connectivity index (χ0n) is 18.5. The number of halogens is 1. The van der Waals surface area contributed by atoms with Crippen molar-refractivity contribution in [1.82, 2.24) is 0 Å². The average Bonchev–Trinajstić information content (AvgIpc) is 3.10. The summed E-state index contributed by atoms with van der Waals surface area (Å²) in [5, 5.41) is 0.503. The van der Waals surface area contributed by atoms with Crippen molar-refractivity contribution >= 4 is 40.4 Å². The van der Waals surface area contributed by atoms with Crippen molar-refractivity contribution in [2.45, 2.75) is 19.8 Å². The number of anilines is 2. The Balaban J connectivity index is 1.73. The van der Waals surface area contributed by atoms with E-state index in [9.17, 15) is 9.59 Å². The lowest BCUT2D eigenvalue weighted by atomic mass is 9.98. The average molecular weight is 459 g/mol. The minimum absolute atomic E-state index is 0.339. The molecule has 0 saturated heterocycles. The second-order valence-corrected chi connectivity index (χ2v) is 8.59. The van der Waals surface area contributed by atoms with E-state index < -0.39 is 0 Å². The predicted molar refractivity (Wildman–Crippen MR) is 131 cm³/mol. The number of hydrogen-bond acceptors (Lipinski definition) is 4. The molecule has 0 atom stereocenters. The van der Waals surface area contributed by atoms with Crippen LogP contribution in [0.1, 0.15) is 23.1 Å². The van der Waals surface area contributed by atoms with Gasteiger partial charge < -0.3 is 9.64 Å². The number of nitrogens with zero attached hydrogens (tertiary/aromatic N) is 2. The summed E-state index contributed by atoms with van der Waals surface area (Å²) in [5.74, 6) is -0.208. The molecule has 2 aliphatic rings. The van der Waals surface area contributed by atoms with E-state index in [4.69, 9.17) is 16.3 Å². The van der Waals surface area contributed by atoms with Crippen LogP contribution in [0.2, 0.25) is 5.02 Å².